The second-order valence-corrected chi connectivity index (χ2v) is 8.73. The van der Waals surface area contributed by atoms with Crippen molar-refractivity contribution in [3.8, 4) is 5.75 Å². The molecule has 0 aromatic heterocycles. The Labute approximate surface area is 216 Å². The van der Waals surface area contributed by atoms with Gasteiger partial charge in [0.05, 0.1) is 12.9 Å². The number of nitrogens with one attached hydrogen (secondary N) is 1. The highest BCUT2D eigenvalue weighted by Crippen LogP contribution is 2.26. The fourth-order valence-electron chi connectivity index (χ4n) is 4.11. The van der Waals surface area contributed by atoms with Gasteiger partial charge in [-0.05, 0) is 54.3 Å². The minimum atomic E-state index is 0.399. The average Bonchev–Trinajstić information content (AvgIpc) is 2.95. The van der Waals surface area contributed by atoms with Crippen LogP contribution in [0.3, 0.4) is 0 Å². The zero-order valence-electron chi connectivity index (χ0n) is 22.2. The van der Waals surface area contributed by atoms with E-state index in [4.69, 9.17) is 4.74 Å². The molecule has 1 atom stereocenters. The maximum absolute atomic E-state index is 5.24. The van der Waals surface area contributed by atoms with Crippen molar-refractivity contribution in [3.05, 3.63) is 120 Å². The van der Waals surface area contributed by atoms with Crippen LogP contribution < -0.4 is 10.1 Å². The van der Waals surface area contributed by atoms with Gasteiger partial charge >= 0.3 is 0 Å². The molecule has 0 bridgehead atoms. The molecular formula is C33H38N2O. The zero-order chi connectivity index (χ0) is 25.8. The van der Waals surface area contributed by atoms with Gasteiger partial charge < -0.3 is 10.1 Å². The van der Waals surface area contributed by atoms with Gasteiger partial charge in [-0.25, -0.2) is 0 Å². The first-order chi connectivity index (χ1) is 17.6. The molecule has 3 heteroatoms. The van der Waals surface area contributed by atoms with E-state index in [0.29, 0.717) is 5.92 Å². The van der Waals surface area contributed by atoms with E-state index in [1.807, 2.05) is 25.1 Å². The molecule has 3 nitrogen and oxygen atoms in total. The van der Waals surface area contributed by atoms with E-state index in [1.54, 1.807) is 7.11 Å². The Balaban J connectivity index is 0.000000205. The Morgan fingerprint density at radius 3 is 2.28 bits per heavy atom. The van der Waals surface area contributed by atoms with Crippen LogP contribution in [0, 0.1) is 0 Å². The van der Waals surface area contributed by atoms with Crippen molar-refractivity contribution in [1.82, 2.24) is 5.32 Å². The second kappa shape index (κ2) is 13.9. The summed E-state index contributed by atoms with van der Waals surface area (Å²) in [5.41, 5.74) is 4.94. The molecule has 4 aromatic rings. The highest BCUT2D eigenvalue weighted by Gasteiger charge is 2.08. The van der Waals surface area contributed by atoms with E-state index in [2.05, 4.69) is 116 Å². The maximum atomic E-state index is 5.24. The van der Waals surface area contributed by atoms with Gasteiger partial charge in [-0.1, -0.05) is 105 Å². The lowest BCUT2D eigenvalue weighted by atomic mass is 9.93. The summed E-state index contributed by atoms with van der Waals surface area (Å²) in [5.74, 6) is 2.28. The van der Waals surface area contributed by atoms with Gasteiger partial charge in [-0.3, -0.25) is 4.99 Å². The summed E-state index contributed by atoms with van der Waals surface area (Å²) in [7, 11) is 1.70. The fourth-order valence-corrected chi connectivity index (χ4v) is 4.11. The molecule has 1 N–H and O–H groups in total. The molecule has 0 aliphatic rings. The van der Waals surface area contributed by atoms with Crippen LogP contribution in [-0.2, 0) is 0 Å². The summed E-state index contributed by atoms with van der Waals surface area (Å²) >= 11 is 0. The van der Waals surface area contributed by atoms with Crippen molar-refractivity contribution in [3.63, 3.8) is 0 Å². The molecule has 1 unspecified atom stereocenters. The van der Waals surface area contributed by atoms with Gasteiger partial charge in [0, 0.05) is 23.7 Å². The topological polar surface area (TPSA) is 33.6 Å². The van der Waals surface area contributed by atoms with Gasteiger partial charge in [0.25, 0.3) is 0 Å². The predicted molar refractivity (Wildman–Crippen MR) is 156 cm³/mol. The van der Waals surface area contributed by atoms with Gasteiger partial charge in [0.15, 0.2) is 0 Å². The molecule has 0 aliphatic carbocycles. The molecule has 0 radical (unpaired) electrons. The largest absolute Gasteiger partial charge is 0.497 e. The first kappa shape index (κ1) is 26.7. The van der Waals surface area contributed by atoms with E-state index in [1.165, 1.54) is 27.5 Å². The Kier molecular flexibility index (Phi) is 10.3. The molecule has 0 fully saturated rings. The molecule has 4 rings (SSSR count). The van der Waals surface area contributed by atoms with Crippen molar-refractivity contribution in [1.29, 1.82) is 0 Å². The molecule has 0 spiro atoms. The number of rotatable bonds is 7. The van der Waals surface area contributed by atoms with Crippen LogP contribution in [0.5, 0.6) is 5.75 Å². The summed E-state index contributed by atoms with van der Waals surface area (Å²) in [4.78, 5) is 4.50. The lowest BCUT2D eigenvalue weighted by Gasteiger charge is -2.13. The molecule has 0 amide bonds. The molecule has 0 saturated heterocycles. The second-order valence-electron chi connectivity index (χ2n) is 8.73. The van der Waals surface area contributed by atoms with Crippen molar-refractivity contribution >= 4 is 22.3 Å². The third-order valence-corrected chi connectivity index (χ3v) is 6.15. The van der Waals surface area contributed by atoms with E-state index in [0.717, 1.165) is 30.2 Å². The van der Waals surface area contributed by atoms with E-state index in [-0.39, 0.29) is 0 Å². The fraction of sp³-hybridized carbons (Fsp3) is 0.242. The Bertz CT molecular complexity index is 1290. The number of hydrogen-bond donors (Lipinski definition) is 1. The summed E-state index contributed by atoms with van der Waals surface area (Å²) in [6, 6.07) is 33.6. The summed E-state index contributed by atoms with van der Waals surface area (Å²) in [5, 5.41) is 5.94. The summed E-state index contributed by atoms with van der Waals surface area (Å²) in [6.07, 6.45) is 3.17. The Morgan fingerprint density at radius 1 is 0.889 bits per heavy atom. The number of aliphatic imine (C=N–C) groups is 1. The Hall–Kier alpha value is -3.85. The van der Waals surface area contributed by atoms with Crippen LogP contribution in [0.2, 0.25) is 0 Å². The predicted octanol–water partition coefficient (Wildman–Crippen LogP) is 8.47. The highest BCUT2D eigenvalue weighted by molar-refractivity contribution is 5.97. The van der Waals surface area contributed by atoms with Gasteiger partial charge in [-0.2, -0.15) is 0 Å². The molecule has 36 heavy (non-hydrogen) atoms. The molecule has 4 aromatic carbocycles. The maximum Gasteiger partial charge on any atom is 0.119 e. The first-order valence-electron chi connectivity index (χ1n) is 12.7. The van der Waals surface area contributed by atoms with Crippen LogP contribution >= 0.6 is 0 Å². The monoisotopic (exact) mass is 478 g/mol. The smallest absolute Gasteiger partial charge is 0.119 e. The van der Waals surface area contributed by atoms with E-state index in [9.17, 15) is 0 Å². The number of ether oxygens (including phenoxy) is 1. The summed E-state index contributed by atoms with van der Waals surface area (Å²) < 4.78 is 5.24. The van der Waals surface area contributed by atoms with Crippen LogP contribution in [0.25, 0.3) is 16.5 Å². The number of fused-ring (bicyclic) bond motifs is 1. The first-order valence-corrected chi connectivity index (χ1v) is 12.7. The molecule has 0 saturated carbocycles. The van der Waals surface area contributed by atoms with Gasteiger partial charge in [0.2, 0.25) is 0 Å². The zero-order valence-corrected chi connectivity index (χ0v) is 22.2. The molecule has 186 valence electrons. The van der Waals surface area contributed by atoms with Crippen LogP contribution in [0.4, 0.5) is 0 Å². The van der Waals surface area contributed by atoms with E-state index < -0.39 is 0 Å². The van der Waals surface area contributed by atoms with Crippen molar-refractivity contribution in [2.45, 2.75) is 40.0 Å². The van der Waals surface area contributed by atoms with Gasteiger partial charge in [0.1, 0.15) is 5.75 Å². The normalized spacial score (nSPS) is 12.5. The quantitative estimate of drug-likeness (QED) is 0.213. The third-order valence-electron chi connectivity index (χ3n) is 6.15. The number of benzene rings is 4. The lowest BCUT2D eigenvalue weighted by molar-refractivity contribution is 0.414. The minimum Gasteiger partial charge on any atom is -0.497 e. The number of hydrogen-bond acceptors (Lipinski definition) is 2. The van der Waals surface area contributed by atoms with Crippen molar-refractivity contribution < 1.29 is 4.74 Å². The number of allylic oxidation sites excluding steroid dienone is 1. The third kappa shape index (κ3) is 7.32. The Morgan fingerprint density at radius 2 is 1.56 bits per heavy atom. The van der Waals surface area contributed by atoms with Crippen LogP contribution in [0.1, 0.15) is 56.7 Å². The standard InChI is InChI=1S/C18H22N2.C15H16O/c1-4-13-19-14(3)20-18(5-2)17-12-8-10-15-9-6-7-11-16(15)17;1-12(13-7-4-3-5-8-13)14-9-6-10-15(11-14)16-2/h5-12H,4,13H2,1-3H3,(H,19,20);3-12H,1-2H3/b18-5-;. The molecular weight excluding hydrogens is 440 g/mol. The average molecular weight is 479 g/mol. The number of methoxy groups -OCH3 is 1. The highest BCUT2D eigenvalue weighted by atomic mass is 16.5. The lowest BCUT2D eigenvalue weighted by Crippen LogP contribution is -2.19. The summed E-state index contributed by atoms with van der Waals surface area (Å²) in [6.45, 7) is 9.29. The van der Waals surface area contributed by atoms with E-state index >= 15 is 0 Å². The van der Waals surface area contributed by atoms with Crippen LogP contribution in [-0.4, -0.2) is 19.5 Å². The van der Waals surface area contributed by atoms with Crippen molar-refractivity contribution in [2.24, 2.45) is 4.99 Å². The SMILES string of the molecule is C/C=C(\NC(C)=NCCC)c1cccc2ccccc12.COc1cccc(C(C)c2ccccc2)c1. The van der Waals surface area contributed by atoms with Gasteiger partial charge in [-0.15, -0.1) is 0 Å². The van der Waals surface area contributed by atoms with Crippen molar-refractivity contribution in [2.75, 3.05) is 13.7 Å². The number of nitrogens with zero attached hydrogens (tertiary/aromatic N) is 1. The molecule has 0 aliphatic heterocycles. The number of amidine groups is 1. The molecule has 0 heterocycles. The van der Waals surface area contributed by atoms with Crippen LogP contribution in [0.15, 0.2) is 108 Å². The minimum absolute atomic E-state index is 0.399.